The maximum Gasteiger partial charge on any atom is 0.253 e. The Kier molecular flexibility index (Phi) is 5.98. The van der Waals surface area contributed by atoms with E-state index in [-0.39, 0.29) is 23.2 Å². The van der Waals surface area contributed by atoms with E-state index in [9.17, 15) is 13.2 Å². The molecular weight excluding hydrogens is 424 g/mol. The number of nitrogens with zero attached hydrogens (tertiary/aromatic N) is 4. The fourth-order valence-corrected chi connectivity index (χ4v) is 5.43. The minimum atomic E-state index is -3.41. The Morgan fingerprint density at radius 2 is 1.87 bits per heavy atom. The van der Waals surface area contributed by atoms with Crippen LogP contribution < -0.4 is 4.90 Å². The molecule has 0 radical (unpaired) electrons. The number of fused-ring (bicyclic) bond motifs is 1. The summed E-state index contributed by atoms with van der Waals surface area (Å²) in [6.07, 6.45) is 1.76. The first-order valence-electron chi connectivity index (χ1n) is 9.55. The van der Waals surface area contributed by atoms with Crippen molar-refractivity contribution in [1.82, 2.24) is 14.9 Å². The first-order chi connectivity index (χ1) is 14.5. The molecule has 3 heterocycles. The molecule has 4 rings (SSSR count). The summed E-state index contributed by atoms with van der Waals surface area (Å²) in [6, 6.07) is 9.95. The molecule has 1 saturated heterocycles. The molecule has 0 spiro atoms. The molecule has 1 amide bonds. The van der Waals surface area contributed by atoms with Crippen molar-refractivity contribution in [3.05, 3.63) is 48.2 Å². The van der Waals surface area contributed by atoms with Gasteiger partial charge in [-0.2, -0.15) is 0 Å². The zero-order valence-electron chi connectivity index (χ0n) is 16.5. The number of hydrogen-bond donors (Lipinski definition) is 0. The number of amides is 1. The van der Waals surface area contributed by atoms with Gasteiger partial charge in [-0.05, 0) is 36.4 Å². The molecule has 3 aromatic rings. The van der Waals surface area contributed by atoms with Crippen molar-refractivity contribution in [2.75, 3.05) is 50.5 Å². The number of carbonyl (C=O) groups is 1. The molecule has 1 aliphatic heterocycles. The van der Waals surface area contributed by atoms with Crippen molar-refractivity contribution < 1.29 is 17.9 Å². The summed E-state index contributed by atoms with van der Waals surface area (Å²) in [5.41, 5.74) is 1.37. The quantitative estimate of drug-likeness (QED) is 0.572. The Bertz CT molecular complexity index is 1100. The number of carbonyl (C=O) groups excluding carboxylic acids is 1. The van der Waals surface area contributed by atoms with Crippen LogP contribution in [0.1, 0.15) is 10.4 Å². The highest BCUT2D eigenvalue weighted by atomic mass is 32.2. The molecule has 2 aromatic heterocycles. The van der Waals surface area contributed by atoms with Crippen molar-refractivity contribution in [1.29, 1.82) is 0 Å². The Hall–Kier alpha value is -2.56. The lowest BCUT2D eigenvalue weighted by molar-refractivity contribution is 0.0746. The molecule has 0 N–H and O–H groups in total. The van der Waals surface area contributed by atoms with Crippen LogP contribution in [0.15, 0.2) is 47.5 Å². The predicted molar refractivity (Wildman–Crippen MR) is 116 cm³/mol. The number of benzene rings is 1. The molecule has 0 saturated carbocycles. The summed E-state index contributed by atoms with van der Waals surface area (Å²) in [5, 5.41) is 0.918. The van der Waals surface area contributed by atoms with E-state index in [2.05, 4.69) is 14.9 Å². The Morgan fingerprint density at radius 1 is 1.13 bits per heavy atom. The number of thiazole rings is 1. The average molecular weight is 447 g/mol. The number of anilines is 1. The van der Waals surface area contributed by atoms with Gasteiger partial charge in [-0.25, -0.2) is 18.4 Å². The lowest BCUT2D eigenvalue weighted by Crippen LogP contribution is -2.48. The van der Waals surface area contributed by atoms with Crippen LogP contribution in [0.5, 0.6) is 0 Å². The smallest absolute Gasteiger partial charge is 0.253 e. The second-order valence-electron chi connectivity index (χ2n) is 6.94. The van der Waals surface area contributed by atoms with E-state index in [1.165, 1.54) is 19.2 Å². The Labute approximate surface area is 179 Å². The topological polar surface area (TPSA) is 92.7 Å². The number of ether oxygens (including phenoxy) is 1. The van der Waals surface area contributed by atoms with Gasteiger partial charge in [-0.3, -0.25) is 4.79 Å². The number of aromatic nitrogens is 2. The van der Waals surface area contributed by atoms with Gasteiger partial charge in [0.1, 0.15) is 10.3 Å². The average Bonchev–Trinajstić information content (AvgIpc) is 3.22. The first kappa shape index (κ1) is 20.7. The van der Waals surface area contributed by atoms with Crippen LogP contribution in [0.4, 0.5) is 5.13 Å². The van der Waals surface area contributed by atoms with Crippen LogP contribution in [0.2, 0.25) is 0 Å². The van der Waals surface area contributed by atoms with Gasteiger partial charge in [0.2, 0.25) is 0 Å². The van der Waals surface area contributed by atoms with Gasteiger partial charge in [0.15, 0.2) is 15.0 Å². The van der Waals surface area contributed by atoms with Crippen LogP contribution in [-0.2, 0) is 14.6 Å². The normalized spacial score (nSPS) is 15.0. The molecule has 1 aromatic carbocycles. The van der Waals surface area contributed by atoms with Crippen LogP contribution >= 0.6 is 11.3 Å². The monoisotopic (exact) mass is 446 g/mol. The lowest BCUT2D eigenvalue weighted by atomic mass is 10.2. The summed E-state index contributed by atoms with van der Waals surface area (Å²) >= 11 is 1.55. The van der Waals surface area contributed by atoms with E-state index in [4.69, 9.17) is 4.74 Å². The van der Waals surface area contributed by atoms with Gasteiger partial charge in [0, 0.05) is 45.0 Å². The summed E-state index contributed by atoms with van der Waals surface area (Å²) in [6.45, 7) is 2.67. The van der Waals surface area contributed by atoms with Crippen LogP contribution in [0.25, 0.3) is 10.3 Å². The van der Waals surface area contributed by atoms with E-state index in [1.54, 1.807) is 34.6 Å². The lowest BCUT2D eigenvalue weighted by Gasteiger charge is -2.34. The number of hydrogen-bond acceptors (Lipinski definition) is 8. The number of piperazine rings is 1. The van der Waals surface area contributed by atoms with Gasteiger partial charge in [0.05, 0.1) is 17.3 Å². The highest BCUT2D eigenvalue weighted by Gasteiger charge is 2.24. The third kappa shape index (κ3) is 4.30. The standard InChI is InChI=1S/C20H22N4O4S2/c1-28-13-14-30(26,27)16-6-4-15(5-7-16)19(25)23-9-11-24(12-10-23)20-22-17-3-2-8-21-18(17)29-20/h2-8H,9-14H2,1H3. The van der Waals surface area contributed by atoms with Crippen molar-refractivity contribution in [2.24, 2.45) is 0 Å². The maximum atomic E-state index is 12.8. The SMILES string of the molecule is COCCS(=O)(=O)c1ccc(C(=O)N2CCN(c3nc4cccnc4s3)CC2)cc1. The fraction of sp³-hybridized carbons (Fsp3) is 0.350. The largest absolute Gasteiger partial charge is 0.384 e. The molecule has 1 fully saturated rings. The Balaban J connectivity index is 1.39. The van der Waals surface area contributed by atoms with Gasteiger partial charge in [-0.15, -0.1) is 0 Å². The van der Waals surface area contributed by atoms with Gasteiger partial charge >= 0.3 is 0 Å². The highest BCUT2D eigenvalue weighted by molar-refractivity contribution is 7.91. The summed E-state index contributed by atoms with van der Waals surface area (Å²) in [5.74, 6) is -0.179. The minimum absolute atomic E-state index is 0.0833. The molecule has 8 nitrogen and oxygen atoms in total. The number of rotatable bonds is 6. The van der Waals surface area contributed by atoms with Gasteiger partial charge in [0.25, 0.3) is 5.91 Å². The number of methoxy groups -OCH3 is 1. The number of pyridine rings is 1. The van der Waals surface area contributed by atoms with Crippen LogP contribution in [0, 0.1) is 0 Å². The van der Waals surface area contributed by atoms with E-state index in [1.807, 2.05) is 12.1 Å². The van der Waals surface area contributed by atoms with E-state index >= 15 is 0 Å². The molecular formula is C20H22N4O4S2. The van der Waals surface area contributed by atoms with Crippen molar-refractivity contribution >= 4 is 42.6 Å². The second-order valence-corrected chi connectivity index (χ2v) is 10.0. The van der Waals surface area contributed by atoms with E-state index in [0.717, 1.165) is 15.5 Å². The zero-order valence-corrected chi connectivity index (χ0v) is 18.2. The van der Waals surface area contributed by atoms with Crippen molar-refractivity contribution in [3.63, 3.8) is 0 Å². The molecule has 0 unspecified atom stereocenters. The first-order valence-corrected chi connectivity index (χ1v) is 12.0. The van der Waals surface area contributed by atoms with Crippen molar-refractivity contribution in [3.8, 4) is 0 Å². The zero-order chi connectivity index (χ0) is 21.1. The van der Waals surface area contributed by atoms with E-state index < -0.39 is 9.84 Å². The van der Waals surface area contributed by atoms with Gasteiger partial charge < -0.3 is 14.5 Å². The number of sulfone groups is 1. The molecule has 30 heavy (non-hydrogen) atoms. The third-order valence-electron chi connectivity index (χ3n) is 5.01. The molecule has 0 aliphatic carbocycles. The summed E-state index contributed by atoms with van der Waals surface area (Å²) < 4.78 is 29.3. The van der Waals surface area contributed by atoms with Crippen molar-refractivity contribution in [2.45, 2.75) is 4.90 Å². The Morgan fingerprint density at radius 3 is 2.53 bits per heavy atom. The minimum Gasteiger partial charge on any atom is -0.384 e. The maximum absolute atomic E-state index is 12.8. The van der Waals surface area contributed by atoms with Crippen LogP contribution in [0.3, 0.4) is 0 Å². The third-order valence-corrected chi connectivity index (χ3v) is 7.74. The molecule has 0 atom stereocenters. The van der Waals surface area contributed by atoms with Crippen LogP contribution in [-0.4, -0.2) is 74.8 Å². The van der Waals surface area contributed by atoms with Gasteiger partial charge in [-0.1, -0.05) is 11.3 Å². The summed E-state index contributed by atoms with van der Waals surface area (Å²) in [7, 11) is -1.94. The molecule has 0 bridgehead atoms. The molecule has 158 valence electrons. The predicted octanol–water partition coefficient (Wildman–Crippen LogP) is 2.07. The molecule has 10 heteroatoms. The summed E-state index contributed by atoms with van der Waals surface area (Å²) in [4.78, 5) is 26.9. The fourth-order valence-electron chi connectivity index (χ4n) is 3.29. The highest BCUT2D eigenvalue weighted by Crippen LogP contribution is 2.27. The molecule has 1 aliphatic rings. The van der Waals surface area contributed by atoms with E-state index in [0.29, 0.717) is 31.7 Å². The second kappa shape index (κ2) is 8.66.